The van der Waals surface area contributed by atoms with Gasteiger partial charge in [-0.25, -0.2) is 0 Å². The average Bonchev–Trinajstić information content (AvgIpc) is 2.24. The van der Waals surface area contributed by atoms with Gasteiger partial charge in [0.05, 0.1) is 17.5 Å². The predicted octanol–water partition coefficient (Wildman–Crippen LogP) is 2.90. The first-order valence-corrected chi connectivity index (χ1v) is 8.38. The van der Waals surface area contributed by atoms with Crippen LogP contribution in [0.15, 0.2) is 18.2 Å². The van der Waals surface area contributed by atoms with Gasteiger partial charge in [0.15, 0.2) is 0 Å². The first-order valence-electron chi connectivity index (χ1n) is 5.97. The van der Waals surface area contributed by atoms with Gasteiger partial charge in [-0.2, -0.15) is 0 Å². The minimum absolute atomic E-state index is 0.0397. The second-order valence-electron chi connectivity index (χ2n) is 5.53. The molecule has 0 fully saturated rings. The highest BCUT2D eigenvalue weighted by Crippen LogP contribution is 2.35. The maximum absolute atomic E-state index is 6.10. The Morgan fingerprint density at radius 3 is 2.47 bits per heavy atom. The number of rotatable bonds is 4. The normalized spacial score (nSPS) is 14.1. The minimum atomic E-state index is -0.753. The highest BCUT2D eigenvalue weighted by molar-refractivity contribution is 6.48. The van der Waals surface area contributed by atoms with Crippen LogP contribution < -0.4 is 5.73 Å². The van der Waals surface area contributed by atoms with Crippen LogP contribution in [0.2, 0.25) is 13.1 Å². The molecule has 2 N–H and O–H groups in total. The lowest BCUT2D eigenvalue weighted by Crippen LogP contribution is -2.27. The summed E-state index contributed by atoms with van der Waals surface area (Å²) in [5.74, 6) is 0. The molecule has 1 aromatic heterocycles. The number of aromatic nitrogens is 1. The smallest absolute Gasteiger partial charge is 0.205 e. The van der Waals surface area contributed by atoms with Crippen LogP contribution >= 0.6 is 0 Å². The van der Waals surface area contributed by atoms with Crippen molar-refractivity contribution < 1.29 is 4.43 Å². The van der Waals surface area contributed by atoms with Gasteiger partial charge in [0.2, 0.25) is 9.04 Å². The molecule has 0 aliphatic heterocycles. The quantitative estimate of drug-likeness (QED) is 0.837. The van der Waals surface area contributed by atoms with E-state index in [0.29, 0.717) is 6.54 Å². The zero-order valence-corrected chi connectivity index (χ0v) is 12.4. The van der Waals surface area contributed by atoms with Crippen molar-refractivity contribution in [2.24, 2.45) is 11.1 Å². The predicted molar refractivity (Wildman–Crippen MR) is 72.9 cm³/mol. The number of hydrogen-bond acceptors (Lipinski definition) is 3. The van der Waals surface area contributed by atoms with Crippen molar-refractivity contribution >= 4 is 9.04 Å². The number of nitrogens with zero attached hydrogens (tertiary/aromatic N) is 1. The Morgan fingerprint density at radius 1 is 1.35 bits per heavy atom. The molecule has 3 nitrogen and oxygen atoms in total. The van der Waals surface area contributed by atoms with Gasteiger partial charge in [0.25, 0.3) is 0 Å². The molecule has 0 bridgehead atoms. The Morgan fingerprint density at radius 2 is 2.00 bits per heavy atom. The molecule has 0 saturated carbocycles. The molecule has 0 aliphatic carbocycles. The van der Waals surface area contributed by atoms with Crippen molar-refractivity contribution in [3.8, 4) is 0 Å². The van der Waals surface area contributed by atoms with Gasteiger partial charge in [-0.15, -0.1) is 0 Å². The van der Waals surface area contributed by atoms with Gasteiger partial charge < -0.3 is 10.2 Å². The molecule has 1 aromatic rings. The van der Waals surface area contributed by atoms with Crippen LogP contribution in [0.25, 0.3) is 0 Å². The summed E-state index contributed by atoms with van der Waals surface area (Å²) in [4.78, 5) is 4.58. The van der Waals surface area contributed by atoms with Gasteiger partial charge in [0.1, 0.15) is 0 Å². The van der Waals surface area contributed by atoms with Crippen LogP contribution in [0, 0.1) is 5.41 Å². The van der Waals surface area contributed by atoms with Crippen molar-refractivity contribution in [2.75, 3.05) is 0 Å². The summed E-state index contributed by atoms with van der Waals surface area (Å²) >= 11 is 0. The topological polar surface area (TPSA) is 48.1 Å². The summed E-state index contributed by atoms with van der Waals surface area (Å²) in [5, 5.41) is 0. The van der Waals surface area contributed by atoms with Crippen LogP contribution in [-0.2, 0) is 11.0 Å². The van der Waals surface area contributed by atoms with Crippen LogP contribution in [0.4, 0.5) is 0 Å². The third kappa shape index (κ3) is 4.22. The van der Waals surface area contributed by atoms with E-state index in [1.807, 2.05) is 18.2 Å². The van der Waals surface area contributed by atoms with Crippen molar-refractivity contribution in [3.05, 3.63) is 29.6 Å². The van der Waals surface area contributed by atoms with E-state index in [-0.39, 0.29) is 11.5 Å². The summed E-state index contributed by atoms with van der Waals surface area (Å²) < 4.78 is 6.10. The van der Waals surface area contributed by atoms with Gasteiger partial charge in [-0.3, -0.25) is 4.98 Å². The molecule has 0 aromatic carbocycles. The van der Waals surface area contributed by atoms with Gasteiger partial charge in [0, 0.05) is 6.54 Å². The van der Waals surface area contributed by atoms with E-state index in [1.165, 1.54) is 0 Å². The largest absolute Gasteiger partial charge is 0.408 e. The standard InChI is InChI=1S/C13H23N2OSi/c1-13(2,3)12(16-17(4)5)11-8-6-7-10(9-14)15-11/h6-8,12H,9,14H2,1-5H3. The molecule has 0 amide bonds. The molecular formula is C13H23N2OSi. The third-order valence-corrected chi connectivity index (χ3v) is 3.15. The molecule has 17 heavy (non-hydrogen) atoms. The summed E-state index contributed by atoms with van der Waals surface area (Å²) in [6.45, 7) is 11.3. The molecular weight excluding hydrogens is 228 g/mol. The Kier molecular flexibility index (Phi) is 4.86. The average molecular weight is 251 g/mol. The van der Waals surface area contributed by atoms with Crippen LogP contribution in [0.3, 0.4) is 0 Å². The van der Waals surface area contributed by atoms with Crippen LogP contribution in [0.5, 0.6) is 0 Å². The Hall–Kier alpha value is -0.713. The van der Waals surface area contributed by atoms with Gasteiger partial charge >= 0.3 is 0 Å². The summed E-state index contributed by atoms with van der Waals surface area (Å²) in [7, 11) is -0.753. The number of nitrogens with two attached hydrogens (primary N) is 1. The van der Waals surface area contributed by atoms with Gasteiger partial charge in [-0.05, 0) is 30.6 Å². The first kappa shape index (κ1) is 14.3. The third-order valence-electron chi connectivity index (χ3n) is 2.45. The molecule has 1 atom stereocenters. The molecule has 0 spiro atoms. The summed E-state index contributed by atoms with van der Waals surface area (Å²) in [6.07, 6.45) is 0.0397. The maximum atomic E-state index is 6.10. The first-order chi connectivity index (χ1) is 7.84. The molecule has 1 radical (unpaired) electrons. The highest BCUT2D eigenvalue weighted by atomic mass is 28.3. The van der Waals surface area contributed by atoms with Crippen molar-refractivity contribution in [1.82, 2.24) is 4.98 Å². The fourth-order valence-electron chi connectivity index (χ4n) is 1.67. The van der Waals surface area contributed by atoms with Crippen molar-refractivity contribution in [3.63, 3.8) is 0 Å². The van der Waals surface area contributed by atoms with E-state index in [0.717, 1.165) is 11.4 Å². The SMILES string of the molecule is C[Si](C)OC(c1cccc(CN)n1)C(C)(C)C. The second-order valence-corrected chi connectivity index (χ2v) is 7.58. The van der Waals surface area contributed by atoms with Gasteiger partial charge in [-0.1, -0.05) is 26.8 Å². The molecule has 0 saturated heterocycles. The maximum Gasteiger partial charge on any atom is 0.205 e. The van der Waals surface area contributed by atoms with E-state index in [1.54, 1.807) is 0 Å². The molecule has 1 unspecified atom stereocenters. The fraction of sp³-hybridized carbons (Fsp3) is 0.615. The minimum Gasteiger partial charge on any atom is -0.408 e. The lowest BCUT2D eigenvalue weighted by atomic mass is 9.87. The zero-order valence-electron chi connectivity index (χ0n) is 11.4. The van der Waals surface area contributed by atoms with E-state index in [2.05, 4.69) is 38.8 Å². The molecule has 4 heteroatoms. The van der Waals surface area contributed by atoms with Crippen LogP contribution in [-0.4, -0.2) is 14.0 Å². The molecule has 95 valence electrons. The highest BCUT2D eigenvalue weighted by Gasteiger charge is 2.29. The number of pyridine rings is 1. The Bertz CT molecular complexity index is 361. The zero-order chi connectivity index (χ0) is 13.1. The Balaban J connectivity index is 3.04. The fourth-order valence-corrected chi connectivity index (χ4v) is 2.62. The molecule has 0 aliphatic rings. The monoisotopic (exact) mass is 251 g/mol. The van der Waals surface area contributed by atoms with Crippen molar-refractivity contribution in [1.29, 1.82) is 0 Å². The number of hydrogen-bond donors (Lipinski definition) is 1. The lowest BCUT2D eigenvalue weighted by Gasteiger charge is -2.32. The van der Waals surface area contributed by atoms with E-state index >= 15 is 0 Å². The summed E-state index contributed by atoms with van der Waals surface area (Å²) in [6, 6.07) is 5.98. The van der Waals surface area contributed by atoms with E-state index < -0.39 is 9.04 Å². The van der Waals surface area contributed by atoms with Crippen LogP contribution in [0.1, 0.15) is 38.3 Å². The van der Waals surface area contributed by atoms with E-state index in [4.69, 9.17) is 10.2 Å². The molecule has 1 rings (SSSR count). The Labute approximate surface area is 106 Å². The molecule has 1 heterocycles. The second kappa shape index (κ2) is 5.75. The summed E-state index contributed by atoms with van der Waals surface area (Å²) in [5.41, 5.74) is 7.59. The van der Waals surface area contributed by atoms with E-state index in [9.17, 15) is 0 Å². The van der Waals surface area contributed by atoms with Crippen molar-refractivity contribution in [2.45, 2.75) is 46.5 Å². The lowest BCUT2D eigenvalue weighted by molar-refractivity contribution is 0.0825.